The predicted octanol–water partition coefficient (Wildman–Crippen LogP) is 9.27. The number of benzene rings is 2. The lowest BCUT2D eigenvalue weighted by Crippen LogP contribution is -2.16. The van der Waals surface area contributed by atoms with E-state index in [1.807, 2.05) is 0 Å². The standard InChI is InChI=1S/C32H45ClN2O3/c1-2-3-4-5-6-7-8-9-10-11-12-13-14-15-16-17-31(36)35-34-26-27-18-24-30(25-19-27)38-32(37)28-20-22-29(33)23-21-28/h18-26H,2-17H2,1H3,(H,35,36)/b34-26+. The van der Waals surface area contributed by atoms with Gasteiger partial charge in [0.15, 0.2) is 0 Å². The Bertz CT molecular complexity index is 942. The van der Waals surface area contributed by atoms with Gasteiger partial charge < -0.3 is 4.74 Å². The van der Waals surface area contributed by atoms with Crippen LogP contribution in [0.2, 0.25) is 5.02 Å². The van der Waals surface area contributed by atoms with Crippen molar-refractivity contribution in [3.63, 3.8) is 0 Å². The average Bonchev–Trinajstić information content (AvgIpc) is 2.92. The Labute approximate surface area is 234 Å². The number of rotatable bonds is 20. The zero-order valence-electron chi connectivity index (χ0n) is 23.1. The van der Waals surface area contributed by atoms with Crippen molar-refractivity contribution in [3.8, 4) is 5.75 Å². The Morgan fingerprint density at radius 2 is 1.24 bits per heavy atom. The van der Waals surface area contributed by atoms with Gasteiger partial charge in [0, 0.05) is 11.4 Å². The van der Waals surface area contributed by atoms with Crippen LogP contribution in [0, 0.1) is 0 Å². The zero-order valence-corrected chi connectivity index (χ0v) is 23.8. The van der Waals surface area contributed by atoms with Gasteiger partial charge in [-0.2, -0.15) is 5.10 Å². The van der Waals surface area contributed by atoms with Crippen LogP contribution in [0.15, 0.2) is 53.6 Å². The third-order valence-corrected chi connectivity index (χ3v) is 6.83. The van der Waals surface area contributed by atoms with Crippen LogP contribution in [0.3, 0.4) is 0 Å². The summed E-state index contributed by atoms with van der Waals surface area (Å²) in [4.78, 5) is 24.2. The molecule has 6 heteroatoms. The minimum Gasteiger partial charge on any atom is -0.423 e. The Morgan fingerprint density at radius 1 is 0.737 bits per heavy atom. The van der Waals surface area contributed by atoms with Crippen molar-refractivity contribution in [1.29, 1.82) is 0 Å². The van der Waals surface area contributed by atoms with Crippen molar-refractivity contribution < 1.29 is 14.3 Å². The molecule has 0 aliphatic carbocycles. The number of carbonyl (C=O) groups excluding carboxylic acids is 2. The number of nitrogens with zero attached hydrogens (tertiary/aromatic N) is 1. The highest BCUT2D eigenvalue weighted by molar-refractivity contribution is 6.30. The minimum absolute atomic E-state index is 0.0653. The molecule has 0 heterocycles. The molecule has 0 saturated heterocycles. The predicted molar refractivity (Wildman–Crippen MR) is 158 cm³/mol. The lowest BCUT2D eigenvalue weighted by Gasteiger charge is -2.05. The molecular formula is C32H45ClN2O3. The Balaban J connectivity index is 1.46. The molecule has 0 bridgehead atoms. The molecule has 2 rings (SSSR count). The van der Waals surface area contributed by atoms with Crippen LogP contribution in [0.5, 0.6) is 5.75 Å². The van der Waals surface area contributed by atoms with Crippen LogP contribution in [0.1, 0.15) is 126 Å². The van der Waals surface area contributed by atoms with E-state index >= 15 is 0 Å². The molecule has 2 aromatic carbocycles. The fourth-order valence-electron chi connectivity index (χ4n) is 4.27. The number of nitrogens with one attached hydrogen (secondary N) is 1. The van der Waals surface area contributed by atoms with Gasteiger partial charge in [0.2, 0.25) is 5.91 Å². The van der Waals surface area contributed by atoms with Crippen LogP contribution in [0.25, 0.3) is 0 Å². The summed E-state index contributed by atoms with van der Waals surface area (Å²) < 4.78 is 5.36. The van der Waals surface area contributed by atoms with Gasteiger partial charge >= 0.3 is 5.97 Å². The maximum atomic E-state index is 12.2. The van der Waals surface area contributed by atoms with Gasteiger partial charge in [-0.1, -0.05) is 108 Å². The van der Waals surface area contributed by atoms with Crippen LogP contribution in [0.4, 0.5) is 0 Å². The number of unbranched alkanes of at least 4 members (excludes halogenated alkanes) is 14. The second-order valence-electron chi connectivity index (χ2n) is 9.96. The van der Waals surface area contributed by atoms with Gasteiger partial charge in [0.05, 0.1) is 11.8 Å². The molecule has 1 amide bonds. The maximum Gasteiger partial charge on any atom is 0.343 e. The van der Waals surface area contributed by atoms with E-state index in [0.29, 0.717) is 22.8 Å². The van der Waals surface area contributed by atoms with Crippen molar-refractivity contribution in [3.05, 3.63) is 64.7 Å². The summed E-state index contributed by atoms with van der Waals surface area (Å²) in [7, 11) is 0. The van der Waals surface area contributed by atoms with Crippen molar-refractivity contribution in [2.45, 2.75) is 110 Å². The Hall–Kier alpha value is -2.66. The fourth-order valence-corrected chi connectivity index (χ4v) is 4.39. The van der Waals surface area contributed by atoms with E-state index < -0.39 is 5.97 Å². The molecule has 2 aromatic rings. The monoisotopic (exact) mass is 540 g/mol. The first-order valence-corrected chi connectivity index (χ1v) is 14.9. The maximum absolute atomic E-state index is 12.2. The number of halogens is 1. The summed E-state index contributed by atoms with van der Waals surface area (Å²) in [6.07, 6.45) is 21.7. The molecular weight excluding hydrogens is 496 g/mol. The highest BCUT2D eigenvalue weighted by Gasteiger charge is 2.08. The highest BCUT2D eigenvalue weighted by atomic mass is 35.5. The van der Waals surface area contributed by atoms with Crippen molar-refractivity contribution in [2.75, 3.05) is 0 Å². The molecule has 0 aliphatic heterocycles. The minimum atomic E-state index is -0.450. The first-order chi connectivity index (χ1) is 18.6. The second-order valence-corrected chi connectivity index (χ2v) is 10.4. The lowest BCUT2D eigenvalue weighted by molar-refractivity contribution is -0.121. The molecule has 1 N–H and O–H groups in total. The molecule has 208 valence electrons. The van der Waals surface area contributed by atoms with E-state index in [1.54, 1.807) is 54.7 Å². The Kier molecular flexibility index (Phi) is 16.9. The van der Waals surface area contributed by atoms with Crippen LogP contribution in [-0.4, -0.2) is 18.1 Å². The zero-order chi connectivity index (χ0) is 27.3. The topological polar surface area (TPSA) is 67.8 Å². The molecule has 0 spiro atoms. The van der Waals surface area contributed by atoms with Crippen LogP contribution >= 0.6 is 11.6 Å². The van der Waals surface area contributed by atoms with Gasteiger partial charge in [-0.25, -0.2) is 10.2 Å². The van der Waals surface area contributed by atoms with E-state index in [1.165, 1.54) is 83.5 Å². The van der Waals surface area contributed by atoms with Crippen molar-refractivity contribution in [2.24, 2.45) is 5.10 Å². The molecule has 0 radical (unpaired) electrons. The van der Waals surface area contributed by atoms with Gasteiger partial charge in [0.25, 0.3) is 0 Å². The highest BCUT2D eigenvalue weighted by Crippen LogP contribution is 2.16. The van der Waals surface area contributed by atoms with Gasteiger partial charge in [0.1, 0.15) is 5.75 Å². The van der Waals surface area contributed by atoms with E-state index in [0.717, 1.165) is 18.4 Å². The third-order valence-electron chi connectivity index (χ3n) is 6.58. The molecule has 0 unspecified atom stereocenters. The summed E-state index contributed by atoms with van der Waals surface area (Å²) in [5.74, 6) is -0.0853. The van der Waals surface area contributed by atoms with Crippen LogP contribution < -0.4 is 10.2 Å². The number of amides is 1. The number of ether oxygens (including phenoxy) is 1. The normalized spacial score (nSPS) is 11.1. The molecule has 0 aliphatic rings. The number of hydrogen-bond acceptors (Lipinski definition) is 4. The van der Waals surface area contributed by atoms with E-state index in [-0.39, 0.29) is 5.91 Å². The number of carbonyl (C=O) groups is 2. The quantitative estimate of drug-likeness (QED) is 0.0598. The fraction of sp³-hybridized carbons (Fsp3) is 0.531. The third kappa shape index (κ3) is 14.9. The number of hydrogen-bond donors (Lipinski definition) is 1. The molecule has 38 heavy (non-hydrogen) atoms. The van der Waals surface area contributed by atoms with Crippen molar-refractivity contribution in [1.82, 2.24) is 5.43 Å². The van der Waals surface area contributed by atoms with Gasteiger partial charge in [-0.15, -0.1) is 0 Å². The number of esters is 1. The van der Waals surface area contributed by atoms with E-state index in [9.17, 15) is 9.59 Å². The number of hydrazone groups is 1. The summed E-state index contributed by atoms with van der Waals surface area (Å²) in [5.41, 5.74) is 3.81. The smallest absolute Gasteiger partial charge is 0.343 e. The lowest BCUT2D eigenvalue weighted by atomic mass is 10.0. The Morgan fingerprint density at radius 3 is 1.76 bits per heavy atom. The molecule has 5 nitrogen and oxygen atoms in total. The second kappa shape index (κ2) is 20.3. The summed E-state index contributed by atoms with van der Waals surface area (Å²) >= 11 is 5.84. The molecule has 0 saturated carbocycles. The summed E-state index contributed by atoms with van der Waals surface area (Å²) in [6, 6.07) is 13.4. The molecule has 0 fully saturated rings. The van der Waals surface area contributed by atoms with E-state index in [4.69, 9.17) is 16.3 Å². The molecule has 0 aromatic heterocycles. The van der Waals surface area contributed by atoms with E-state index in [2.05, 4.69) is 17.5 Å². The van der Waals surface area contributed by atoms with Crippen LogP contribution in [-0.2, 0) is 4.79 Å². The SMILES string of the molecule is CCCCCCCCCCCCCCCCCC(=O)N/N=C/c1ccc(OC(=O)c2ccc(Cl)cc2)cc1. The average molecular weight is 541 g/mol. The van der Waals surface area contributed by atoms with Gasteiger partial charge in [-0.3, -0.25) is 4.79 Å². The largest absolute Gasteiger partial charge is 0.423 e. The summed E-state index contributed by atoms with van der Waals surface area (Å²) in [5, 5.41) is 4.59. The van der Waals surface area contributed by atoms with Gasteiger partial charge in [-0.05, 0) is 60.5 Å². The molecule has 0 atom stereocenters. The first kappa shape index (κ1) is 31.6. The summed E-state index contributed by atoms with van der Waals surface area (Å²) in [6.45, 7) is 2.27. The first-order valence-electron chi connectivity index (χ1n) is 14.5. The van der Waals surface area contributed by atoms with Crippen molar-refractivity contribution >= 4 is 29.7 Å².